The van der Waals surface area contributed by atoms with E-state index in [1.54, 1.807) is 17.8 Å². The fourth-order valence-corrected chi connectivity index (χ4v) is 2.39. The van der Waals surface area contributed by atoms with Crippen molar-refractivity contribution in [1.29, 1.82) is 0 Å². The quantitative estimate of drug-likeness (QED) is 0.409. The minimum atomic E-state index is -0.352. The third-order valence-electron chi connectivity index (χ3n) is 3.50. The van der Waals surface area contributed by atoms with Crippen molar-refractivity contribution in [1.82, 2.24) is 20.0 Å². The second-order valence-corrected chi connectivity index (χ2v) is 5.48. The first-order chi connectivity index (χ1) is 11.5. The number of aryl methyl sites for hydroxylation is 1. The first-order valence-electron chi connectivity index (χ1n) is 7.84. The molecule has 25 heavy (non-hydrogen) atoms. The summed E-state index contributed by atoms with van der Waals surface area (Å²) < 4.78 is 20.9. The predicted molar refractivity (Wildman–Crippen MR) is 108 cm³/mol. The van der Waals surface area contributed by atoms with Crippen LogP contribution >= 0.6 is 24.0 Å². The second-order valence-electron chi connectivity index (χ2n) is 5.48. The molecule has 6 nitrogen and oxygen atoms in total. The Labute approximate surface area is 165 Å². The lowest BCUT2D eigenvalue weighted by Crippen LogP contribution is -2.38. The van der Waals surface area contributed by atoms with Gasteiger partial charge in [-0.15, -0.1) is 24.0 Å². The average molecular weight is 461 g/mol. The molecule has 1 aromatic heterocycles. The topological polar surface area (TPSA) is 54.7 Å². The third kappa shape index (κ3) is 6.18. The molecule has 0 fully saturated rings. The molecule has 0 radical (unpaired) electrons. The normalized spacial score (nSPS) is 11.0. The summed E-state index contributed by atoms with van der Waals surface area (Å²) in [5.74, 6) is 0.655. The Hall–Kier alpha value is -1.84. The Balaban J connectivity index is 0.00000312. The van der Waals surface area contributed by atoms with Gasteiger partial charge in [0.2, 0.25) is 0 Å². The lowest BCUT2D eigenvalue weighted by Gasteiger charge is -2.21. The van der Waals surface area contributed by atoms with Crippen molar-refractivity contribution in [2.45, 2.75) is 20.0 Å². The Morgan fingerprint density at radius 3 is 2.72 bits per heavy atom. The fraction of sp³-hybridized carbons (Fsp3) is 0.412. The van der Waals surface area contributed by atoms with E-state index in [0.29, 0.717) is 19.7 Å². The van der Waals surface area contributed by atoms with Crippen molar-refractivity contribution in [2.75, 3.05) is 20.7 Å². The van der Waals surface area contributed by atoms with Gasteiger partial charge in [0.05, 0.1) is 12.8 Å². The number of guanidine groups is 1. The Kier molecular flexibility index (Phi) is 8.67. The summed E-state index contributed by atoms with van der Waals surface area (Å²) in [5, 5.41) is 7.39. The molecule has 0 saturated heterocycles. The van der Waals surface area contributed by atoms with Crippen molar-refractivity contribution in [3.8, 4) is 5.75 Å². The van der Waals surface area contributed by atoms with Crippen LogP contribution in [0.1, 0.15) is 18.1 Å². The highest BCUT2D eigenvalue weighted by molar-refractivity contribution is 14.0. The van der Waals surface area contributed by atoms with Crippen molar-refractivity contribution in [3.05, 3.63) is 47.5 Å². The van der Waals surface area contributed by atoms with Crippen LogP contribution in [0.3, 0.4) is 0 Å². The maximum absolute atomic E-state index is 13.9. The number of nitrogens with zero attached hydrogens (tertiary/aromatic N) is 4. The van der Waals surface area contributed by atoms with Gasteiger partial charge in [-0.05, 0) is 24.6 Å². The summed E-state index contributed by atoms with van der Waals surface area (Å²) >= 11 is 0. The van der Waals surface area contributed by atoms with Gasteiger partial charge < -0.3 is 15.0 Å². The summed E-state index contributed by atoms with van der Waals surface area (Å²) in [6.07, 6.45) is 3.79. The highest BCUT2D eigenvalue weighted by Crippen LogP contribution is 2.18. The molecule has 0 atom stereocenters. The number of ether oxygens (including phenoxy) is 1. The van der Waals surface area contributed by atoms with E-state index in [2.05, 4.69) is 15.4 Å². The summed E-state index contributed by atoms with van der Waals surface area (Å²) in [5.41, 5.74) is 1.92. The molecular weight excluding hydrogens is 436 g/mol. The van der Waals surface area contributed by atoms with Crippen molar-refractivity contribution in [3.63, 3.8) is 0 Å². The molecular formula is C17H25FIN5O. The van der Waals surface area contributed by atoms with Crippen molar-refractivity contribution in [2.24, 2.45) is 12.0 Å². The van der Waals surface area contributed by atoms with Gasteiger partial charge in [0.1, 0.15) is 0 Å². The molecule has 2 aromatic rings. The first kappa shape index (κ1) is 21.2. The van der Waals surface area contributed by atoms with Crippen LogP contribution in [0.15, 0.2) is 35.6 Å². The van der Waals surface area contributed by atoms with Crippen LogP contribution in [0.5, 0.6) is 5.75 Å². The van der Waals surface area contributed by atoms with Gasteiger partial charge in [0.15, 0.2) is 17.5 Å². The molecule has 0 aliphatic carbocycles. The van der Waals surface area contributed by atoms with Gasteiger partial charge in [-0.3, -0.25) is 9.67 Å². The first-order valence-corrected chi connectivity index (χ1v) is 7.84. The Morgan fingerprint density at radius 2 is 2.16 bits per heavy atom. The number of nitrogens with one attached hydrogen (secondary N) is 1. The molecule has 0 aliphatic rings. The summed E-state index contributed by atoms with van der Waals surface area (Å²) in [4.78, 5) is 6.25. The molecule has 0 saturated carbocycles. The van der Waals surface area contributed by atoms with Crippen molar-refractivity contribution >= 4 is 29.9 Å². The van der Waals surface area contributed by atoms with Gasteiger partial charge >= 0.3 is 0 Å². The third-order valence-corrected chi connectivity index (χ3v) is 3.50. The highest BCUT2D eigenvalue weighted by atomic mass is 127. The van der Waals surface area contributed by atoms with Crippen molar-refractivity contribution < 1.29 is 9.13 Å². The maximum Gasteiger partial charge on any atom is 0.193 e. The van der Waals surface area contributed by atoms with Gasteiger partial charge in [0.25, 0.3) is 0 Å². The Bertz CT molecular complexity index is 704. The van der Waals surface area contributed by atoms with Gasteiger partial charge in [-0.2, -0.15) is 5.10 Å². The van der Waals surface area contributed by atoms with Crippen LogP contribution in [-0.2, 0) is 20.1 Å². The molecule has 1 heterocycles. The molecule has 1 aromatic carbocycles. The number of aliphatic imine (C=N–C) groups is 1. The summed E-state index contributed by atoms with van der Waals surface area (Å²) in [6.45, 7) is 3.44. The summed E-state index contributed by atoms with van der Waals surface area (Å²) in [7, 11) is 5.55. The zero-order valence-corrected chi connectivity index (χ0v) is 17.3. The van der Waals surface area contributed by atoms with E-state index in [9.17, 15) is 4.39 Å². The standard InChI is InChI=1S/C17H24FN5O.HI/c1-5-24-16-7-6-13(8-15(16)18)9-20-17(19-2)22(3)11-14-10-21-23(4)12-14;/h6-8,10,12H,5,9,11H2,1-4H3,(H,19,20);1H. The smallest absolute Gasteiger partial charge is 0.193 e. The number of rotatable bonds is 6. The minimum Gasteiger partial charge on any atom is -0.491 e. The Morgan fingerprint density at radius 1 is 1.40 bits per heavy atom. The lowest BCUT2D eigenvalue weighted by molar-refractivity contribution is 0.321. The van der Waals surface area contributed by atoms with E-state index in [1.165, 1.54) is 6.07 Å². The maximum atomic E-state index is 13.9. The predicted octanol–water partition coefficient (Wildman–Crippen LogP) is 2.78. The van der Waals surface area contributed by atoms with Crippen LogP contribution in [0, 0.1) is 5.82 Å². The van der Waals surface area contributed by atoms with E-state index in [1.807, 2.05) is 44.4 Å². The number of hydrogen-bond acceptors (Lipinski definition) is 3. The molecule has 138 valence electrons. The van der Waals surface area contributed by atoms with E-state index in [4.69, 9.17) is 4.74 Å². The van der Waals surface area contributed by atoms with E-state index >= 15 is 0 Å². The molecule has 1 N–H and O–H groups in total. The molecule has 0 amide bonds. The summed E-state index contributed by atoms with van der Waals surface area (Å²) in [6, 6.07) is 4.97. The zero-order chi connectivity index (χ0) is 17.5. The second kappa shape index (κ2) is 10.2. The average Bonchev–Trinajstić information content (AvgIpc) is 2.95. The van der Waals surface area contributed by atoms with Crippen LogP contribution in [0.4, 0.5) is 4.39 Å². The molecule has 8 heteroatoms. The van der Waals surface area contributed by atoms with E-state index < -0.39 is 0 Å². The van der Waals surface area contributed by atoms with Crippen LogP contribution in [-0.4, -0.2) is 41.3 Å². The molecule has 2 rings (SSSR count). The monoisotopic (exact) mass is 461 g/mol. The van der Waals surface area contributed by atoms with Gasteiger partial charge in [0, 0.05) is 46.0 Å². The van der Waals surface area contributed by atoms with Gasteiger partial charge in [-0.25, -0.2) is 4.39 Å². The number of aromatic nitrogens is 2. The van der Waals surface area contributed by atoms with Gasteiger partial charge in [-0.1, -0.05) is 6.07 Å². The SMILES string of the molecule is CCOc1ccc(CNC(=NC)N(C)Cc2cnn(C)c2)cc1F.I. The largest absolute Gasteiger partial charge is 0.491 e. The lowest BCUT2D eigenvalue weighted by atomic mass is 10.2. The highest BCUT2D eigenvalue weighted by Gasteiger charge is 2.09. The van der Waals surface area contributed by atoms with E-state index in [0.717, 1.165) is 17.1 Å². The number of hydrogen-bond donors (Lipinski definition) is 1. The molecule has 0 spiro atoms. The van der Waals surface area contributed by atoms with Crippen LogP contribution in [0.2, 0.25) is 0 Å². The number of halogens is 2. The molecule has 0 aliphatic heterocycles. The fourth-order valence-electron chi connectivity index (χ4n) is 2.39. The number of benzene rings is 1. The van der Waals surface area contributed by atoms with Crippen LogP contribution in [0.25, 0.3) is 0 Å². The molecule has 0 unspecified atom stereocenters. The van der Waals surface area contributed by atoms with E-state index in [-0.39, 0.29) is 35.5 Å². The van der Waals surface area contributed by atoms with Crippen LogP contribution < -0.4 is 10.1 Å². The molecule has 0 bridgehead atoms. The minimum absolute atomic E-state index is 0. The zero-order valence-electron chi connectivity index (χ0n) is 15.0.